The van der Waals surface area contributed by atoms with E-state index in [1.165, 1.54) is 47.3 Å². The van der Waals surface area contributed by atoms with Gasteiger partial charge in [0.05, 0.1) is 64.2 Å². The van der Waals surface area contributed by atoms with Crippen molar-refractivity contribution in [1.29, 1.82) is 0 Å². The van der Waals surface area contributed by atoms with Crippen LogP contribution in [0, 0.1) is 0 Å². The molecule has 0 aromatic heterocycles. The first-order chi connectivity index (χ1) is 42.2. The number of fused-ring (bicyclic) bond motifs is 12. The first kappa shape index (κ1) is 62.7. The topological polar surface area (TPSA) is 490 Å². The number of phenolic OH excluding ortho intramolecular Hbond substituents is 5. The molecule has 2 bridgehead atoms. The van der Waals surface area contributed by atoms with Crippen molar-refractivity contribution in [2.24, 2.45) is 0 Å². The molecule has 12 rings (SSSR count). The molecule has 8 aliphatic rings. The molecule has 1 aliphatic carbocycles. The van der Waals surface area contributed by atoms with Gasteiger partial charge in [-0.3, -0.25) is 4.79 Å². The van der Waals surface area contributed by atoms with Crippen molar-refractivity contribution < 1.29 is 158 Å². The molecule has 0 spiro atoms. The molecule has 7 aliphatic heterocycles. The van der Waals surface area contributed by atoms with Gasteiger partial charge in [-0.1, -0.05) is 0 Å². The molecule has 25 atom stereocenters. The summed E-state index contributed by atoms with van der Waals surface area (Å²) in [5.41, 5.74) is -1.49. The Morgan fingerprint density at radius 2 is 0.978 bits per heavy atom. The van der Waals surface area contributed by atoms with Crippen molar-refractivity contribution in [3.8, 4) is 63.2 Å². The van der Waals surface area contributed by atoms with Gasteiger partial charge in [-0.05, 0) is 43.7 Å². The largest absolute Gasteiger partial charge is 0.508 e. The van der Waals surface area contributed by atoms with E-state index in [1.54, 1.807) is 0 Å². The van der Waals surface area contributed by atoms with Crippen LogP contribution in [0.2, 0.25) is 0 Å². The number of aliphatic hydroxyl groups is 12. The highest BCUT2D eigenvalue weighted by Gasteiger charge is 2.70. The van der Waals surface area contributed by atoms with Crippen molar-refractivity contribution in [3.05, 3.63) is 75.8 Å². The lowest BCUT2D eigenvalue weighted by Gasteiger charge is -2.53. The van der Waals surface area contributed by atoms with E-state index in [2.05, 4.69) is 0 Å². The van der Waals surface area contributed by atoms with E-state index < -0.39 is 212 Å². The number of methoxy groups -OCH3 is 3. The predicted molar refractivity (Wildman–Crippen MR) is 284 cm³/mol. The molecule has 0 saturated carbocycles. The lowest BCUT2D eigenvalue weighted by molar-refractivity contribution is -0.355. The zero-order valence-electron chi connectivity index (χ0n) is 47.5. The summed E-state index contributed by atoms with van der Waals surface area (Å²) in [5.74, 6) is -15.5. The maximum atomic E-state index is 15.6. The van der Waals surface area contributed by atoms with Gasteiger partial charge in [-0.2, -0.15) is 0 Å². The van der Waals surface area contributed by atoms with Crippen molar-refractivity contribution in [1.82, 2.24) is 0 Å². The molecule has 4 aromatic carbocycles. The first-order valence-electron chi connectivity index (χ1n) is 28.0. The molecule has 32 nitrogen and oxygen atoms in total. The molecular weight excluding hydrogens is 1200 g/mol. The average Bonchev–Trinajstić information content (AvgIpc) is 1.63. The van der Waals surface area contributed by atoms with E-state index in [-0.39, 0.29) is 56.4 Å². The lowest BCUT2D eigenvalue weighted by atomic mass is 9.74. The van der Waals surface area contributed by atoms with Crippen LogP contribution in [0.4, 0.5) is 0 Å². The van der Waals surface area contributed by atoms with Crippen LogP contribution in [0.5, 0.6) is 63.2 Å². The van der Waals surface area contributed by atoms with E-state index in [0.29, 0.717) is 0 Å². The Morgan fingerprint density at radius 1 is 0.483 bits per heavy atom. The zero-order chi connectivity index (χ0) is 63.9. The minimum absolute atomic E-state index is 0.125. The van der Waals surface area contributed by atoms with Crippen molar-refractivity contribution in [2.75, 3.05) is 34.5 Å². The minimum atomic E-state index is -2.93. The highest BCUT2D eigenvalue weighted by molar-refractivity contribution is 6.09. The van der Waals surface area contributed by atoms with Gasteiger partial charge in [0.1, 0.15) is 120 Å². The Morgan fingerprint density at radius 3 is 1.53 bits per heavy atom. The lowest BCUT2D eigenvalue weighted by Crippen LogP contribution is -2.64. The molecule has 4 fully saturated rings. The Labute approximate surface area is 502 Å². The van der Waals surface area contributed by atoms with Crippen molar-refractivity contribution in [3.63, 3.8) is 0 Å². The molecular formula is C57H66O32. The zero-order valence-corrected chi connectivity index (χ0v) is 47.5. The molecule has 32 heteroatoms. The van der Waals surface area contributed by atoms with Gasteiger partial charge in [-0.15, -0.1) is 0 Å². The smallest absolute Gasteiger partial charge is 0.305 e. The van der Waals surface area contributed by atoms with Crippen LogP contribution in [0.1, 0.15) is 63.9 Å². The van der Waals surface area contributed by atoms with Gasteiger partial charge in [-0.25, -0.2) is 0 Å². The molecule has 486 valence electrons. The third-order valence-electron chi connectivity index (χ3n) is 17.6. The van der Waals surface area contributed by atoms with Crippen LogP contribution in [-0.4, -0.2) is 262 Å². The van der Waals surface area contributed by atoms with E-state index >= 15 is 4.79 Å². The fourth-order valence-electron chi connectivity index (χ4n) is 12.9. The summed E-state index contributed by atoms with van der Waals surface area (Å²) < 4.78 is 84.9. The van der Waals surface area contributed by atoms with Crippen molar-refractivity contribution in [2.45, 2.75) is 166 Å². The second-order valence-corrected chi connectivity index (χ2v) is 22.9. The highest BCUT2D eigenvalue weighted by atomic mass is 16.8. The third-order valence-corrected chi connectivity index (χ3v) is 17.6. The number of hydrogen-bond acceptors (Lipinski definition) is 32. The molecule has 0 radical (unpaired) electrons. The Kier molecular flexibility index (Phi) is 16.2. The number of hydrogen-bond donors (Lipinski definition) is 17. The highest BCUT2D eigenvalue weighted by Crippen LogP contribution is 2.68. The number of rotatable bonds is 14. The maximum Gasteiger partial charge on any atom is 0.305 e. The summed E-state index contributed by atoms with van der Waals surface area (Å²) in [6.45, 7) is 1.20. The quantitative estimate of drug-likeness (QED) is 0.0574. The Bertz CT molecular complexity index is 3340. The Balaban J connectivity index is 1.01. The van der Waals surface area contributed by atoms with E-state index in [9.17, 15) is 86.8 Å². The second kappa shape index (κ2) is 23.0. The van der Waals surface area contributed by atoms with E-state index in [0.717, 1.165) is 30.3 Å². The maximum absolute atomic E-state index is 15.6. The van der Waals surface area contributed by atoms with Crippen LogP contribution in [-0.2, 0) is 43.7 Å². The normalized spacial score (nSPS) is 40.1. The molecule has 4 saturated heterocycles. The Hall–Kier alpha value is -6.45. The van der Waals surface area contributed by atoms with Gasteiger partial charge in [0, 0.05) is 40.5 Å². The van der Waals surface area contributed by atoms with Crippen LogP contribution >= 0.6 is 0 Å². The summed E-state index contributed by atoms with van der Waals surface area (Å²) >= 11 is 0. The van der Waals surface area contributed by atoms with Crippen molar-refractivity contribution >= 4 is 5.78 Å². The second-order valence-electron chi connectivity index (χ2n) is 22.9. The monoisotopic (exact) mass is 1260 g/mol. The van der Waals surface area contributed by atoms with Crippen LogP contribution in [0.3, 0.4) is 0 Å². The number of carbonyl (C=O) groups is 1. The molecule has 0 amide bonds. The van der Waals surface area contributed by atoms with Gasteiger partial charge in [0.2, 0.25) is 11.5 Å². The number of ether oxygens (including phenoxy) is 14. The average molecular weight is 1260 g/mol. The first-order valence-corrected chi connectivity index (χ1v) is 28.0. The summed E-state index contributed by atoms with van der Waals surface area (Å²) in [6.07, 6.45) is -38.4. The van der Waals surface area contributed by atoms with E-state index in [4.69, 9.17) is 66.3 Å². The molecule has 1 unspecified atom stereocenters. The van der Waals surface area contributed by atoms with Crippen LogP contribution < -0.4 is 28.4 Å². The molecule has 4 aromatic rings. The van der Waals surface area contributed by atoms with Crippen LogP contribution in [0.15, 0.2) is 42.5 Å². The molecule has 17 N–H and O–H groups in total. The molecule has 89 heavy (non-hydrogen) atoms. The number of phenols is 5. The number of ketones is 1. The number of aromatic hydroxyl groups is 5. The standard InChI is InChI=1S/C57H66O32/c1-15-36(62)41(67)45(71)52(81-15)79-13-29-39(65)43(69)47(73)54(83-29)85-51-34-31-22(60)8-18(58)9-25(31)86-56(51,17-6-27(77-4)38(64)28(7-17)78-5)87-26-12-23(61)32-35-19-10-21(59)24(76-3)11-20(19)50(75)57(35,88-49(32)33(26)34)89-55-48(74)44(70)40(66)30(84-55)14-80-53-46(72)42(68)37(63)16(2)82-53/h6-12,15-16,29-30,34-37,39-48,51-55,58-74H,13-14H2,1-5H3/t15-,16-,29+,30+,34-,35-,36-,37-,39+,40?,41+,42+,43-,44-,45+,46+,47+,48+,51-,52+,53+,54-,55-,56+,57-/m0/s1. The summed E-state index contributed by atoms with van der Waals surface area (Å²) in [4.78, 5) is 15.6. The molecule has 7 heterocycles. The fourth-order valence-corrected chi connectivity index (χ4v) is 12.9. The number of carbonyl (C=O) groups excluding carboxylic acids is 1. The minimum Gasteiger partial charge on any atom is -0.508 e. The fraction of sp³-hybridized carbons (Fsp3) is 0.561. The SMILES string of the molecule is COc1cc2c(cc1O)[C@H]1c3c(O)cc4c(c3O[C@@]1(O[C@@H]1O[C@H](CO[C@@H]3O[C@@H](C)[C@H](O)[C@@H](O)[C@H]3O)C(O)[C@H](O)[C@H]1O)C2=O)[C@@H]1c2c(O)cc(O)cc2O[C@](c2cc(OC)c(O)c(OC)c2)(O4)[C@H]1O[C@@H]1O[C@H](CO[C@@H]2O[C@@H](C)[C@H](O)[C@@H](O)[C@H]2O)[C@@H](O)[C@H](O)[C@H]1O. The van der Waals surface area contributed by atoms with Gasteiger partial charge >= 0.3 is 5.79 Å². The number of Topliss-reactive ketones (excluding diaryl/α,β-unsaturated/α-hetero) is 1. The van der Waals surface area contributed by atoms with E-state index in [1.807, 2.05) is 0 Å². The summed E-state index contributed by atoms with van der Waals surface area (Å²) in [7, 11) is 3.56. The van der Waals surface area contributed by atoms with Crippen LogP contribution in [0.25, 0.3) is 0 Å². The predicted octanol–water partition coefficient (Wildman–Crippen LogP) is -3.87. The number of aliphatic hydroxyl groups excluding tert-OH is 12. The third kappa shape index (κ3) is 9.79. The van der Waals surface area contributed by atoms with Gasteiger partial charge in [0.15, 0.2) is 54.3 Å². The summed E-state index contributed by atoms with van der Waals surface area (Å²) in [5, 5.41) is 191. The number of benzene rings is 4. The summed E-state index contributed by atoms with van der Waals surface area (Å²) in [6, 6.07) is 7.61. The van der Waals surface area contributed by atoms with Gasteiger partial charge < -0.3 is 153 Å². The van der Waals surface area contributed by atoms with Gasteiger partial charge in [0.25, 0.3) is 5.79 Å².